The molecule has 0 aliphatic heterocycles. The molecular weight excluding hydrogens is 203 g/mol. The monoisotopic (exact) mass is 210 g/mol. The van der Waals surface area contributed by atoms with Crippen LogP contribution in [0.15, 0.2) is 34.8 Å². The van der Waals surface area contributed by atoms with Gasteiger partial charge in [-0.05, 0) is 12.1 Å². The molecule has 0 atom stereocenters. The highest BCUT2D eigenvalue weighted by atomic mass is 16.5. The number of hydrogen-bond acceptors (Lipinski definition) is 3. The molecule has 1 heterocycles. The van der Waals surface area contributed by atoms with Crippen LogP contribution in [0.4, 0.5) is 0 Å². The summed E-state index contributed by atoms with van der Waals surface area (Å²) in [6, 6.07) is 7.68. The van der Waals surface area contributed by atoms with E-state index >= 15 is 0 Å². The van der Waals surface area contributed by atoms with E-state index in [1.165, 1.54) is 0 Å². The minimum Gasteiger partial charge on any atom is -0.470 e. The number of allylic oxidation sites excluding steroid dienone is 2. The van der Waals surface area contributed by atoms with Crippen LogP contribution in [0.2, 0.25) is 0 Å². The van der Waals surface area contributed by atoms with E-state index in [-0.39, 0.29) is 0 Å². The van der Waals surface area contributed by atoms with Crippen molar-refractivity contribution in [3.63, 3.8) is 0 Å². The summed E-state index contributed by atoms with van der Waals surface area (Å²) in [5.41, 5.74) is 1.64. The largest absolute Gasteiger partial charge is 0.584 e. The van der Waals surface area contributed by atoms with Crippen molar-refractivity contribution in [2.75, 3.05) is 0 Å². The summed E-state index contributed by atoms with van der Waals surface area (Å²) in [6.45, 7) is 0. The van der Waals surface area contributed by atoms with Crippen molar-refractivity contribution in [1.82, 2.24) is 0 Å². The molecule has 2 aromatic rings. The first-order valence-electron chi connectivity index (χ1n) is 4.84. The SMILES string of the molecule is O[B]OC1=C[C+]=Cc2oc3ccccc3c21. The average Bonchev–Trinajstić information content (AvgIpc) is 2.68. The van der Waals surface area contributed by atoms with Crippen LogP contribution in [0, 0.1) is 6.08 Å². The number of benzene rings is 1. The second-order valence-electron chi connectivity index (χ2n) is 3.38. The van der Waals surface area contributed by atoms with E-state index in [1.54, 1.807) is 12.2 Å². The standard InChI is InChI=1S/C12H7BO3/c14-13-16-11-7-3-6-10-12(11)8-4-1-2-5-9(8)15-10/h1-2,4-7,14H/q+1. The molecule has 1 aromatic carbocycles. The molecule has 1 aliphatic rings. The molecule has 75 valence electrons. The molecule has 0 amide bonds. The minimum absolute atomic E-state index is 0.532. The maximum absolute atomic E-state index is 8.70. The Hall–Kier alpha value is -2.03. The van der Waals surface area contributed by atoms with Crippen molar-refractivity contribution in [3.05, 3.63) is 47.7 Å². The van der Waals surface area contributed by atoms with Gasteiger partial charge in [-0.25, -0.2) is 0 Å². The molecular formula is C12H7BO3+. The van der Waals surface area contributed by atoms with Gasteiger partial charge in [-0.3, -0.25) is 0 Å². The number of furan rings is 1. The summed E-state index contributed by atoms with van der Waals surface area (Å²) >= 11 is 0. The van der Waals surface area contributed by atoms with Crippen molar-refractivity contribution in [1.29, 1.82) is 0 Å². The maximum Gasteiger partial charge on any atom is 0.584 e. The third-order valence-electron chi connectivity index (χ3n) is 2.48. The van der Waals surface area contributed by atoms with Crippen molar-refractivity contribution in [3.8, 4) is 0 Å². The van der Waals surface area contributed by atoms with Gasteiger partial charge in [0.1, 0.15) is 12.2 Å². The fourth-order valence-corrected chi connectivity index (χ4v) is 1.84. The molecule has 0 saturated heterocycles. The van der Waals surface area contributed by atoms with Gasteiger partial charge in [0.15, 0.2) is 11.1 Å². The van der Waals surface area contributed by atoms with Crippen molar-refractivity contribution in [2.45, 2.75) is 0 Å². The molecule has 3 rings (SSSR count). The van der Waals surface area contributed by atoms with Crippen LogP contribution >= 0.6 is 0 Å². The van der Waals surface area contributed by atoms with E-state index in [1.807, 2.05) is 24.3 Å². The average molecular weight is 210 g/mol. The topological polar surface area (TPSA) is 42.6 Å². The van der Waals surface area contributed by atoms with Crippen LogP contribution in [-0.4, -0.2) is 12.7 Å². The third-order valence-corrected chi connectivity index (χ3v) is 2.48. The lowest BCUT2D eigenvalue weighted by atomic mass is 10.0. The lowest BCUT2D eigenvalue weighted by Crippen LogP contribution is -1.99. The van der Waals surface area contributed by atoms with Gasteiger partial charge >= 0.3 is 7.69 Å². The molecule has 0 fully saturated rings. The summed E-state index contributed by atoms with van der Waals surface area (Å²) in [4.78, 5) is 0. The van der Waals surface area contributed by atoms with Crippen LogP contribution in [0.3, 0.4) is 0 Å². The Balaban J connectivity index is 2.27. The molecule has 1 radical (unpaired) electrons. The first-order chi connectivity index (χ1) is 7.90. The Bertz CT molecular complexity index is 595. The predicted octanol–water partition coefficient (Wildman–Crippen LogP) is 2.15. The van der Waals surface area contributed by atoms with Gasteiger partial charge in [0.2, 0.25) is 5.76 Å². The molecule has 0 saturated carbocycles. The number of para-hydroxylation sites is 1. The Morgan fingerprint density at radius 1 is 1.31 bits per heavy atom. The summed E-state index contributed by atoms with van der Waals surface area (Å²) in [5, 5.41) is 9.66. The second kappa shape index (κ2) is 3.52. The zero-order chi connectivity index (χ0) is 11.0. The second-order valence-corrected chi connectivity index (χ2v) is 3.38. The molecule has 4 heteroatoms. The third kappa shape index (κ3) is 1.25. The Morgan fingerprint density at radius 2 is 2.19 bits per heavy atom. The lowest BCUT2D eigenvalue weighted by molar-refractivity contribution is 0.427. The van der Waals surface area contributed by atoms with Gasteiger partial charge in [0.05, 0.1) is 5.39 Å². The van der Waals surface area contributed by atoms with Crippen LogP contribution in [-0.2, 0) is 4.65 Å². The van der Waals surface area contributed by atoms with E-state index < -0.39 is 0 Å². The molecule has 16 heavy (non-hydrogen) atoms. The maximum atomic E-state index is 8.70. The Morgan fingerprint density at radius 3 is 3.06 bits per heavy atom. The van der Waals surface area contributed by atoms with Crippen molar-refractivity contribution < 1.29 is 14.1 Å². The zero-order valence-corrected chi connectivity index (χ0v) is 8.31. The molecule has 0 unspecified atom stereocenters. The fourth-order valence-electron chi connectivity index (χ4n) is 1.84. The zero-order valence-electron chi connectivity index (χ0n) is 8.31. The summed E-state index contributed by atoms with van der Waals surface area (Å²) < 4.78 is 10.7. The fraction of sp³-hybridized carbons (Fsp3) is 0. The highest BCUT2D eigenvalue weighted by Gasteiger charge is 2.27. The molecule has 3 nitrogen and oxygen atoms in total. The van der Waals surface area contributed by atoms with Crippen molar-refractivity contribution >= 4 is 30.5 Å². The van der Waals surface area contributed by atoms with Crippen LogP contribution < -0.4 is 0 Å². The van der Waals surface area contributed by atoms with Gasteiger partial charge < -0.3 is 14.1 Å². The molecule has 0 bridgehead atoms. The van der Waals surface area contributed by atoms with Crippen LogP contribution in [0.25, 0.3) is 22.8 Å². The Labute approximate surface area is 92.9 Å². The summed E-state index contributed by atoms with van der Waals surface area (Å²) in [5.74, 6) is 1.23. The quantitative estimate of drug-likeness (QED) is 0.609. The van der Waals surface area contributed by atoms with E-state index in [0.717, 1.165) is 16.5 Å². The highest BCUT2D eigenvalue weighted by molar-refractivity contribution is 6.19. The smallest absolute Gasteiger partial charge is 0.470 e. The first-order valence-corrected chi connectivity index (χ1v) is 4.84. The van der Waals surface area contributed by atoms with Gasteiger partial charge in [-0.1, -0.05) is 12.1 Å². The number of hydrogen-bond donors (Lipinski definition) is 1. The van der Waals surface area contributed by atoms with Gasteiger partial charge in [0, 0.05) is 6.08 Å². The van der Waals surface area contributed by atoms with E-state index in [9.17, 15) is 0 Å². The predicted molar refractivity (Wildman–Crippen MR) is 61.0 cm³/mol. The van der Waals surface area contributed by atoms with Crippen LogP contribution in [0.5, 0.6) is 0 Å². The first kappa shape index (κ1) is 9.22. The van der Waals surface area contributed by atoms with Gasteiger partial charge in [-0.15, -0.1) is 0 Å². The molecule has 1 aliphatic carbocycles. The molecule has 1 N–H and O–H groups in total. The number of fused-ring (bicyclic) bond motifs is 3. The normalized spacial score (nSPS) is 12.9. The lowest BCUT2D eigenvalue weighted by Gasteiger charge is -1.99. The molecule has 0 spiro atoms. The summed E-state index contributed by atoms with van der Waals surface area (Å²) in [7, 11) is 0.657. The van der Waals surface area contributed by atoms with E-state index in [2.05, 4.69) is 6.08 Å². The van der Waals surface area contributed by atoms with E-state index in [0.29, 0.717) is 19.2 Å². The van der Waals surface area contributed by atoms with Gasteiger partial charge in [-0.2, -0.15) is 0 Å². The van der Waals surface area contributed by atoms with Crippen LogP contribution in [0.1, 0.15) is 11.3 Å². The van der Waals surface area contributed by atoms with Crippen molar-refractivity contribution in [2.24, 2.45) is 0 Å². The highest BCUT2D eigenvalue weighted by Crippen LogP contribution is 2.34. The minimum atomic E-state index is 0.532. The van der Waals surface area contributed by atoms with E-state index in [4.69, 9.17) is 14.1 Å². The Kier molecular flexibility index (Phi) is 2.03. The number of rotatable bonds is 2. The van der Waals surface area contributed by atoms with Gasteiger partial charge in [0.25, 0.3) is 5.76 Å². The molecule has 1 aromatic heterocycles. The summed E-state index contributed by atoms with van der Waals surface area (Å²) in [6.07, 6.45) is 6.31.